The second kappa shape index (κ2) is 23.9. The summed E-state index contributed by atoms with van der Waals surface area (Å²) in [6.07, 6.45) is 3.17. The predicted octanol–water partition coefficient (Wildman–Crippen LogP) is 4.63. The summed E-state index contributed by atoms with van der Waals surface area (Å²) < 4.78 is 34.7. The molecule has 2 saturated heterocycles. The minimum atomic E-state index is -1.67. The van der Waals surface area contributed by atoms with Crippen molar-refractivity contribution in [3.63, 3.8) is 0 Å². The Morgan fingerprint density at radius 2 is 1.25 bits per heavy atom. The van der Waals surface area contributed by atoms with E-state index in [2.05, 4.69) is 13.8 Å². The van der Waals surface area contributed by atoms with E-state index in [1.165, 1.54) is 0 Å². The van der Waals surface area contributed by atoms with Gasteiger partial charge in [-0.1, -0.05) is 60.7 Å². The Bertz CT molecular complexity index is 1400. The lowest BCUT2D eigenvalue weighted by Crippen LogP contribution is -2.46. The van der Waals surface area contributed by atoms with Crippen molar-refractivity contribution in [2.24, 2.45) is 5.73 Å². The smallest absolute Gasteiger partial charge is 0.460 e. The third-order valence-corrected chi connectivity index (χ3v) is 8.88. The van der Waals surface area contributed by atoms with Gasteiger partial charge in [0.15, 0.2) is 19.0 Å². The van der Waals surface area contributed by atoms with Crippen LogP contribution >= 0.6 is 0 Å². The van der Waals surface area contributed by atoms with Crippen LogP contribution in [0, 0.1) is 0 Å². The van der Waals surface area contributed by atoms with E-state index >= 15 is 0 Å². The molecule has 0 saturated carbocycles. The van der Waals surface area contributed by atoms with E-state index in [1.54, 1.807) is 0 Å². The highest BCUT2D eigenvalue weighted by atomic mass is 16.7. The normalized spacial score (nSPS) is 17.6. The van der Waals surface area contributed by atoms with E-state index in [0.717, 1.165) is 59.4 Å². The maximum absolute atomic E-state index is 14.3. The van der Waals surface area contributed by atoms with Gasteiger partial charge in [0.25, 0.3) is 0 Å². The summed E-state index contributed by atoms with van der Waals surface area (Å²) >= 11 is 0. The molecule has 0 aromatic heterocycles. The van der Waals surface area contributed by atoms with Gasteiger partial charge in [-0.3, -0.25) is 9.59 Å². The summed E-state index contributed by atoms with van der Waals surface area (Å²) in [4.78, 5) is 57.3. The van der Waals surface area contributed by atoms with Crippen LogP contribution in [0.5, 0.6) is 0 Å². The van der Waals surface area contributed by atoms with Crippen LogP contribution in [-0.2, 0) is 52.8 Å². The summed E-state index contributed by atoms with van der Waals surface area (Å²) in [7, 11) is 8.21. The van der Waals surface area contributed by atoms with Gasteiger partial charge in [0.1, 0.15) is 25.9 Å². The Morgan fingerprint density at radius 3 is 1.69 bits per heavy atom. The number of methoxy groups -OCH3 is 2. The number of hydrogen-bond donors (Lipinski definition) is 3. The summed E-state index contributed by atoms with van der Waals surface area (Å²) in [6, 6.07) is 18.3. The number of nitrogens with two attached hydrogens (primary N) is 1. The first-order chi connectivity index (χ1) is 26.2. The Morgan fingerprint density at radius 1 is 0.782 bits per heavy atom. The maximum Gasteiger partial charge on any atom is 0.505 e. The van der Waals surface area contributed by atoms with Crippen LogP contribution < -0.4 is 5.73 Å². The van der Waals surface area contributed by atoms with Gasteiger partial charge in [-0.2, -0.15) is 0 Å². The molecule has 2 aromatic carbocycles. The van der Waals surface area contributed by atoms with Crippen LogP contribution in [0.2, 0.25) is 0 Å². The molecule has 2 bridgehead atoms. The average Bonchev–Trinajstić information content (AvgIpc) is 3.39. The highest BCUT2D eigenvalue weighted by molar-refractivity contribution is 5.86. The van der Waals surface area contributed by atoms with Crippen molar-refractivity contribution in [1.29, 1.82) is 0 Å². The number of carbonyl (C=O) groups is 5. The van der Waals surface area contributed by atoms with E-state index < -0.39 is 42.6 Å². The summed E-state index contributed by atoms with van der Waals surface area (Å²) in [5.74, 6) is -1.65. The number of carbonyl (C=O) groups excluding carboxylic acids is 3. The van der Waals surface area contributed by atoms with Crippen LogP contribution in [-0.4, -0.2) is 132 Å². The summed E-state index contributed by atoms with van der Waals surface area (Å²) in [6.45, 7) is 2.05. The first-order valence-electron chi connectivity index (χ1n) is 18.2. The van der Waals surface area contributed by atoms with Crippen LogP contribution in [0.25, 0.3) is 0 Å². The molecule has 2 atom stereocenters. The fraction of sp³-hybridized carbons (Fsp3) is 0.564. The Labute approximate surface area is 322 Å². The zero-order valence-electron chi connectivity index (χ0n) is 32.5. The number of hydrogen-bond acceptors (Lipinski definition) is 12. The Hall–Kier alpha value is -4.77. The molecule has 55 heavy (non-hydrogen) atoms. The molecule has 0 spiro atoms. The van der Waals surface area contributed by atoms with Gasteiger partial charge in [-0.15, -0.1) is 0 Å². The van der Waals surface area contributed by atoms with Gasteiger partial charge in [-0.25, -0.2) is 14.4 Å². The molecule has 0 radical (unpaired) electrons. The van der Waals surface area contributed by atoms with Crippen molar-refractivity contribution in [3.05, 3.63) is 71.8 Å². The van der Waals surface area contributed by atoms with Gasteiger partial charge in [-0.05, 0) is 24.1 Å². The van der Waals surface area contributed by atoms with Crippen LogP contribution in [0.3, 0.4) is 0 Å². The van der Waals surface area contributed by atoms with E-state index in [1.807, 2.05) is 81.8 Å². The maximum atomic E-state index is 14.3. The molecule has 2 fully saturated rings. The number of unbranched alkanes of at least 4 members (excludes halogenated alkanes) is 1. The molecule has 2 aromatic rings. The van der Waals surface area contributed by atoms with E-state index in [9.17, 15) is 14.4 Å². The summed E-state index contributed by atoms with van der Waals surface area (Å²) in [5, 5.41) is 15.0. The Balaban J connectivity index is 0.000000926. The molecule has 16 heteroatoms. The van der Waals surface area contributed by atoms with Crippen LogP contribution in [0.1, 0.15) is 62.5 Å². The van der Waals surface area contributed by atoms with Gasteiger partial charge in [0, 0.05) is 19.3 Å². The number of esters is 3. The standard InChI is InChI=1S/C35H50N2O8.2C2H4O3/c1-37(2,3)21-22-41-32(38)18-19-33(39)42-26-43-35(27-12-6-4-7-13-27,28-14-8-5-9-15-28)34(40)44-29-24-30-16-17-31(25-29)45(30)23-11-10-20-36;2*1-5-2(3)4/h4-9,12-15,29-31H,10-11,16-26,36H2,1-3H3;2*1H3,(H,3,4)/q+2;;. The molecule has 2 aliphatic rings. The van der Waals surface area contributed by atoms with Crippen molar-refractivity contribution in [3.8, 4) is 0 Å². The SMILES string of the molecule is COC(=O)O.COC(=O)O.C[N+](C)(C)CCOC(=O)CCC(=O)OCOC(C(=O)OC1CC2CCC(C1)[O+]2CCCCN)(c1ccccc1)c1ccccc1. The van der Waals surface area contributed by atoms with Crippen molar-refractivity contribution in [2.45, 2.75) is 75.3 Å². The van der Waals surface area contributed by atoms with Gasteiger partial charge in [0.2, 0.25) is 5.60 Å². The number of rotatable bonds is 17. The second-order valence-corrected chi connectivity index (χ2v) is 13.9. The molecule has 2 unspecified atom stereocenters. The lowest BCUT2D eigenvalue weighted by Gasteiger charge is -2.38. The third-order valence-electron chi connectivity index (χ3n) is 8.88. The quantitative estimate of drug-likeness (QED) is 0.0500. The van der Waals surface area contributed by atoms with E-state index in [-0.39, 0.29) is 25.6 Å². The van der Waals surface area contributed by atoms with Gasteiger partial charge in [0.05, 0.1) is 61.0 Å². The number of nitrogens with zero attached hydrogens (tertiary/aromatic N) is 1. The molecule has 0 amide bonds. The van der Waals surface area contributed by atoms with Crippen molar-refractivity contribution in [2.75, 3.05) is 68.5 Å². The third kappa shape index (κ3) is 16.2. The molecule has 4 N–H and O–H groups in total. The number of quaternary nitrogens is 1. The number of benzene rings is 2. The number of likely N-dealkylation sites (N-methyl/N-ethyl adjacent to an activating group) is 1. The lowest BCUT2D eigenvalue weighted by atomic mass is 9.86. The number of ether oxygens (including phenoxy) is 6. The molecule has 306 valence electrons. The molecular weight excluding hydrogens is 720 g/mol. The minimum Gasteiger partial charge on any atom is -0.460 e. The molecule has 0 aliphatic carbocycles. The molecule has 4 rings (SSSR count). The monoisotopic (exact) mass is 778 g/mol. The van der Waals surface area contributed by atoms with E-state index in [0.29, 0.717) is 40.9 Å². The first-order valence-corrected chi connectivity index (χ1v) is 18.2. The predicted molar refractivity (Wildman–Crippen MR) is 199 cm³/mol. The lowest BCUT2D eigenvalue weighted by molar-refractivity contribution is -0.870. The highest BCUT2D eigenvalue weighted by Gasteiger charge is 2.51. The topological polar surface area (TPSA) is 210 Å². The fourth-order valence-electron chi connectivity index (χ4n) is 6.13. The van der Waals surface area contributed by atoms with Crippen LogP contribution in [0.4, 0.5) is 9.59 Å². The zero-order valence-corrected chi connectivity index (χ0v) is 32.5. The minimum absolute atomic E-state index is 0.105. The number of fused-ring (bicyclic) bond motifs is 2. The molecular formula is C39H58N2O14+2. The zero-order chi connectivity index (χ0) is 40.9. The average molecular weight is 779 g/mol. The van der Waals surface area contributed by atoms with Crippen molar-refractivity contribution in [1.82, 2.24) is 0 Å². The van der Waals surface area contributed by atoms with Gasteiger partial charge < -0.3 is 53.2 Å². The highest BCUT2D eigenvalue weighted by Crippen LogP contribution is 2.42. The molecule has 16 nitrogen and oxygen atoms in total. The molecule has 2 heterocycles. The van der Waals surface area contributed by atoms with Crippen molar-refractivity contribution >= 4 is 30.2 Å². The van der Waals surface area contributed by atoms with Crippen LogP contribution in [0.15, 0.2) is 60.7 Å². The second-order valence-electron chi connectivity index (χ2n) is 13.9. The van der Waals surface area contributed by atoms with Crippen molar-refractivity contribution < 1.29 is 71.5 Å². The number of carboxylic acid groups (broad SMARTS) is 2. The Kier molecular flexibility index (Phi) is 20.2. The van der Waals surface area contributed by atoms with Gasteiger partial charge >= 0.3 is 30.2 Å². The van der Waals surface area contributed by atoms with E-state index in [4.69, 9.17) is 44.5 Å². The largest absolute Gasteiger partial charge is 0.505 e. The summed E-state index contributed by atoms with van der Waals surface area (Å²) in [5.41, 5.74) is 5.16. The molecule has 2 aliphatic heterocycles. The fourth-order valence-corrected chi connectivity index (χ4v) is 6.13. The first kappa shape index (κ1) is 46.4.